The van der Waals surface area contributed by atoms with Gasteiger partial charge in [0.05, 0.1) is 19.4 Å². The first kappa shape index (κ1) is 21.6. The van der Waals surface area contributed by atoms with Gasteiger partial charge in [0.1, 0.15) is 10.9 Å². The van der Waals surface area contributed by atoms with Crippen molar-refractivity contribution in [2.45, 2.75) is 39.4 Å². The van der Waals surface area contributed by atoms with E-state index >= 15 is 0 Å². The molecule has 1 aromatic carbocycles. The van der Waals surface area contributed by atoms with E-state index in [1.54, 1.807) is 38.1 Å². The van der Waals surface area contributed by atoms with Crippen molar-refractivity contribution in [1.82, 2.24) is 5.09 Å². The number of carbonyl (C=O) groups is 2. The number of ether oxygens (including phenoxy) is 1. The van der Waals surface area contributed by atoms with E-state index in [0.717, 1.165) is 15.6 Å². The lowest BCUT2D eigenvalue weighted by Gasteiger charge is -2.22. The van der Waals surface area contributed by atoms with Crippen LogP contribution in [-0.4, -0.2) is 36.3 Å². The number of nitrogens with one attached hydrogen (secondary N) is 1. The maximum atomic E-state index is 13.2. The summed E-state index contributed by atoms with van der Waals surface area (Å²) in [6, 6.07) is 6.22. The summed E-state index contributed by atoms with van der Waals surface area (Å²) in [5.74, 6) is -1.45. The number of carboxylic acid groups (broad SMARTS) is 1. The first-order valence-electron chi connectivity index (χ1n) is 8.71. The SMILES string of the molecule is CCCOC(=O)[C@H](C)NP(=O)(Cc1ccc2sc(C(=O)O)cc2c1)OCC. The molecule has 2 rings (SSSR count). The molecule has 1 heterocycles. The molecule has 2 N–H and O–H groups in total. The molecule has 0 saturated carbocycles. The number of carbonyl (C=O) groups excluding carboxylic acids is 1. The number of carboxylic acids is 1. The predicted octanol–water partition coefficient (Wildman–Crippen LogP) is 4.26. The van der Waals surface area contributed by atoms with Crippen LogP contribution in [-0.2, 0) is 24.8 Å². The van der Waals surface area contributed by atoms with Gasteiger partial charge in [0.2, 0.25) is 0 Å². The molecule has 0 saturated heterocycles. The Kier molecular flexibility index (Phi) is 7.56. The van der Waals surface area contributed by atoms with Gasteiger partial charge in [-0.05, 0) is 49.4 Å². The Labute approximate surface area is 162 Å². The standard InChI is InChI=1S/C18H24NO6PS/c1-4-8-24-18(22)12(3)19-26(23,25-5-2)11-13-6-7-15-14(9-13)10-16(27-15)17(20)21/h6-7,9-10,12H,4-5,8,11H2,1-3H3,(H,19,23)(H,20,21)/t12-,26?/m0/s1. The average Bonchev–Trinajstić information content (AvgIpc) is 3.03. The van der Waals surface area contributed by atoms with Gasteiger partial charge in [0, 0.05) is 4.70 Å². The number of fused-ring (bicyclic) bond motifs is 1. The number of hydrogen-bond donors (Lipinski definition) is 2. The summed E-state index contributed by atoms with van der Waals surface area (Å²) in [6.07, 6.45) is 0.793. The predicted molar refractivity (Wildman–Crippen MR) is 106 cm³/mol. The molecule has 0 fully saturated rings. The topological polar surface area (TPSA) is 102 Å². The van der Waals surface area contributed by atoms with Crippen molar-refractivity contribution in [2.75, 3.05) is 13.2 Å². The van der Waals surface area contributed by atoms with Crippen LogP contribution < -0.4 is 5.09 Å². The van der Waals surface area contributed by atoms with Crippen molar-refractivity contribution in [1.29, 1.82) is 0 Å². The number of esters is 1. The molecule has 2 atom stereocenters. The molecule has 1 aromatic heterocycles. The summed E-state index contributed by atoms with van der Waals surface area (Å²) < 4.78 is 24.6. The quantitative estimate of drug-likeness (QED) is 0.443. The van der Waals surface area contributed by atoms with E-state index in [-0.39, 0.29) is 17.6 Å². The van der Waals surface area contributed by atoms with E-state index in [1.165, 1.54) is 11.3 Å². The van der Waals surface area contributed by atoms with Gasteiger partial charge in [0.15, 0.2) is 0 Å². The highest BCUT2D eigenvalue weighted by Gasteiger charge is 2.29. The lowest BCUT2D eigenvalue weighted by molar-refractivity contribution is -0.145. The van der Waals surface area contributed by atoms with Crippen LogP contribution in [0.15, 0.2) is 24.3 Å². The summed E-state index contributed by atoms with van der Waals surface area (Å²) in [4.78, 5) is 23.3. The molecular formula is C18H24NO6PS. The van der Waals surface area contributed by atoms with E-state index in [4.69, 9.17) is 14.4 Å². The minimum Gasteiger partial charge on any atom is -0.477 e. The summed E-state index contributed by atoms with van der Waals surface area (Å²) in [5.41, 5.74) is 0.732. The third-order valence-corrected chi connectivity index (χ3v) is 7.05. The lowest BCUT2D eigenvalue weighted by Crippen LogP contribution is -2.34. The fourth-order valence-corrected chi connectivity index (χ4v) is 5.48. The van der Waals surface area contributed by atoms with Crippen molar-refractivity contribution in [2.24, 2.45) is 0 Å². The zero-order valence-electron chi connectivity index (χ0n) is 15.6. The summed E-state index contributed by atoms with van der Waals surface area (Å²) in [6.45, 7) is 5.75. The molecule has 148 valence electrons. The van der Waals surface area contributed by atoms with Crippen molar-refractivity contribution < 1.29 is 28.5 Å². The molecule has 0 aliphatic heterocycles. The smallest absolute Gasteiger partial charge is 0.345 e. The molecule has 1 unspecified atom stereocenters. The summed E-state index contributed by atoms with van der Waals surface area (Å²) in [7, 11) is -3.34. The van der Waals surface area contributed by atoms with Crippen molar-refractivity contribution >= 4 is 40.9 Å². The zero-order valence-corrected chi connectivity index (χ0v) is 17.3. The van der Waals surface area contributed by atoms with Crippen LogP contribution in [0.5, 0.6) is 0 Å². The van der Waals surface area contributed by atoms with Crippen LogP contribution in [0.4, 0.5) is 0 Å². The Morgan fingerprint density at radius 3 is 2.67 bits per heavy atom. The molecule has 2 aromatic rings. The maximum absolute atomic E-state index is 13.2. The monoisotopic (exact) mass is 413 g/mol. The van der Waals surface area contributed by atoms with Crippen LogP contribution in [0.2, 0.25) is 0 Å². The molecule has 0 amide bonds. The highest BCUT2D eigenvalue weighted by atomic mass is 32.1. The maximum Gasteiger partial charge on any atom is 0.345 e. The number of rotatable bonds is 10. The van der Waals surface area contributed by atoms with Crippen LogP contribution in [0.1, 0.15) is 42.4 Å². The molecule has 0 radical (unpaired) electrons. The Morgan fingerprint density at radius 1 is 1.30 bits per heavy atom. The lowest BCUT2D eigenvalue weighted by atomic mass is 10.2. The number of hydrogen-bond acceptors (Lipinski definition) is 6. The van der Waals surface area contributed by atoms with Gasteiger partial charge in [0.25, 0.3) is 7.52 Å². The molecule has 0 bridgehead atoms. The van der Waals surface area contributed by atoms with Crippen molar-refractivity contribution in [3.63, 3.8) is 0 Å². The van der Waals surface area contributed by atoms with Crippen LogP contribution in [0.3, 0.4) is 0 Å². The molecule has 7 nitrogen and oxygen atoms in total. The molecule has 9 heteroatoms. The second kappa shape index (κ2) is 9.46. The van der Waals surface area contributed by atoms with Gasteiger partial charge in [-0.1, -0.05) is 13.0 Å². The highest BCUT2D eigenvalue weighted by molar-refractivity contribution is 7.56. The van der Waals surface area contributed by atoms with Gasteiger partial charge in [-0.25, -0.2) is 9.88 Å². The molecule has 27 heavy (non-hydrogen) atoms. The Hall–Kier alpha value is -1.73. The average molecular weight is 413 g/mol. The number of aromatic carboxylic acids is 1. The van der Waals surface area contributed by atoms with Crippen LogP contribution in [0, 0.1) is 0 Å². The van der Waals surface area contributed by atoms with Crippen molar-refractivity contribution in [3.05, 3.63) is 34.7 Å². The second-order valence-electron chi connectivity index (χ2n) is 6.06. The minimum atomic E-state index is -3.34. The summed E-state index contributed by atoms with van der Waals surface area (Å²) in [5, 5.41) is 12.7. The van der Waals surface area contributed by atoms with E-state index in [9.17, 15) is 14.2 Å². The Morgan fingerprint density at radius 2 is 2.04 bits per heavy atom. The molecule has 0 aliphatic rings. The fraction of sp³-hybridized carbons (Fsp3) is 0.444. The van der Waals surface area contributed by atoms with Gasteiger partial charge >= 0.3 is 11.9 Å². The van der Waals surface area contributed by atoms with Gasteiger partial charge in [-0.2, -0.15) is 0 Å². The van der Waals surface area contributed by atoms with Gasteiger partial charge in [-0.15, -0.1) is 11.3 Å². The minimum absolute atomic E-state index is 0.0838. The normalized spacial score (nSPS) is 14.6. The molecule has 0 aliphatic carbocycles. The molecule has 0 spiro atoms. The third-order valence-electron chi connectivity index (χ3n) is 3.71. The molecular weight excluding hydrogens is 389 g/mol. The highest BCUT2D eigenvalue weighted by Crippen LogP contribution is 2.47. The van der Waals surface area contributed by atoms with E-state index in [2.05, 4.69) is 5.09 Å². The van der Waals surface area contributed by atoms with Crippen LogP contribution >= 0.6 is 18.9 Å². The third kappa shape index (κ3) is 5.87. The largest absolute Gasteiger partial charge is 0.477 e. The van der Waals surface area contributed by atoms with Gasteiger partial charge in [-0.3, -0.25) is 9.36 Å². The van der Waals surface area contributed by atoms with E-state index in [0.29, 0.717) is 13.0 Å². The fourth-order valence-electron chi connectivity index (χ4n) is 2.55. The first-order valence-corrected chi connectivity index (χ1v) is 11.3. The van der Waals surface area contributed by atoms with E-state index < -0.39 is 25.5 Å². The number of thiophene rings is 1. The van der Waals surface area contributed by atoms with Crippen molar-refractivity contribution in [3.8, 4) is 0 Å². The van der Waals surface area contributed by atoms with Gasteiger partial charge < -0.3 is 14.4 Å². The first-order chi connectivity index (χ1) is 12.8. The van der Waals surface area contributed by atoms with E-state index in [1.807, 2.05) is 6.92 Å². The van der Waals surface area contributed by atoms with Crippen LogP contribution in [0.25, 0.3) is 10.1 Å². The second-order valence-corrected chi connectivity index (χ2v) is 9.32. The zero-order chi connectivity index (χ0) is 20.0. The number of benzene rings is 1. The summed E-state index contributed by atoms with van der Waals surface area (Å²) >= 11 is 1.19. The Bertz CT molecular complexity index is 865. The Balaban J connectivity index is 2.18.